The van der Waals surface area contributed by atoms with Crippen molar-refractivity contribution in [3.05, 3.63) is 30.2 Å². The minimum Gasteiger partial charge on any atom is -0.493 e. The number of ether oxygens (including phenoxy) is 1. The molecule has 0 aliphatic carbocycles. The largest absolute Gasteiger partial charge is 0.493 e. The minimum atomic E-state index is -0.219. The number of hydrogen-bond acceptors (Lipinski definition) is 6. The van der Waals surface area contributed by atoms with Crippen molar-refractivity contribution in [2.45, 2.75) is 19.4 Å². The van der Waals surface area contributed by atoms with Crippen molar-refractivity contribution >= 4 is 11.8 Å². The molecule has 0 saturated heterocycles. The summed E-state index contributed by atoms with van der Waals surface area (Å²) in [6.45, 7) is 2.53. The fourth-order valence-corrected chi connectivity index (χ4v) is 2.29. The van der Waals surface area contributed by atoms with Crippen LogP contribution in [-0.4, -0.2) is 28.8 Å². The number of aromatic nitrogens is 2. The first-order chi connectivity index (χ1) is 9.76. The van der Waals surface area contributed by atoms with Crippen LogP contribution >= 0.6 is 11.8 Å². The molecule has 0 spiro atoms. The van der Waals surface area contributed by atoms with E-state index in [4.69, 9.17) is 15.0 Å². The second-order valence-electron chi connectivity index (χ2n) is 4.27. The molecule has 6 heteroatoms. The molecule has 108 valence electrons. The lowest BCUT2D eigenvalue weighted by Crippen LogP contribution is -2.11. The van der Waals surface area contributed by atoms with Gasteiger partial charge in [-0.1, -0.05) is 17.3 Å². The van der Waals surface area contributed by atoms with E-state index < -0.39 is 0 Å². The third-order valence-electron chi connectivity index (χ3n) is 2.82. The first-order valence-corrected chi connectivity index (χ1v) is 7.96. The van der Waals surface area contributed by atoms with Gasteiger partial charge < -0.3 is 15.0 Å². The van der Waals surface area contributed by atoms with Gasteiger partial charge in [0.1, 0.15) is 5.75 Å². The van der Waals surface area contributed by atoms with E-state index in [1.54, 1.807) is 11.8 Å². The van der Waals surface area contributed by atoms with Crippen LogP contribution in [-0.2, 0) is 0 Å². The maximum Gasteiger partial charge on any atom is 0.243 e. The highest BCUT2D eigenvalue weighted by Gasteiger charge is 2.17. The zero-order valence-electron chi connectivity index (χ0n) is 11.7. The number of nitrogens with zero attached hydrogens (tertiary/aromatic N) is 2. The Hall–Kier alpha value is -1.53. The summed E-state index contributed by atoms with van der Waals surface area (Å²) in [5.74, 6) is 2.71. The molecule has 1 aromatic carbocycles. The normalized spacial score (nSPS) is 12.3. The molecule has 0 aliphatic rings. The van der Waals surface area contributed by atoms with Gasteiger partial charge in [0.25, 0.3) is 0 Å². The van der Waals surface area contributed by atoms with Crippen LogP contribution < -0.4 is 10.5 Å². The van der Waals surface area contributed by atoms with Crippen molar-refractivity contribution in [3.63, 3.8) is 0 Å². The summed E-state index contributed by atoms with van der Waals surface area (Å²) in [5.41, 5.74) is 6.85. The van der Waals surface area contributed by atoms with Crippen LogP contribution in [0.1, 0.15) is 25.3 Å². The highest BCUT2D eigenvalue weighted by atomic mass is 32.2. The molecule has 5 nitrogen and oxygen atoms in total. The zero-order chi connectivity index (χ0) is 14.4. The standard InChI is InChI=1S/C14H19N3O2S/c1-3-18-12-7-5-4-6-10(12)13-16-14(19-17-13)11(15)8-9-20-2/h4-7,11H,3,8-9,15H2,1-2H3/t11-/m1/s1. The van der Waals surface area contributed by atoms with Crippen LogP contribution in [0.4, 0.5) is 0 Å². The Morgan fingerprint density at radius 2 is 2.20 bits per heavy atom. The van der Waals surface area contributed by atoms with Gasteiger partial charge >= 0.3 is 0 Å². The average molecular weight is 293 g/mol. The van der Waals surface area contributed by atoms with Crippen molar-refractivity contribution < 1.29 is 9.26 Å². The first kappa shape index (κ1) is 14.9. The fraction of sp³-hybridized carbons (Fsp3) is 0.429. The molecule has 2 aromatic rings. The van der Waals surface area contributed by atoms with Crippen LogP contribution in [0.5, 0.6) is 5.75 Å². The Kier molecular flexibility index (Phi) is 5.43. The summed E-state index contributed by atoms with van der Waals surface area (Å²) in [7, 11) is 0. The van der Waals surface area contributed by atoms with Gasteiger partial charge in [-0.05, 0) is 37.5 Å². The monoisotopic (exact) mass is 293 g/mol. The molecular formula is C14H19N3O2S. The Bertz CT molecular complexity index is 545. The van der Waals surface area contributed by atoms with Gasteiger partial charge in [0.15, 0.2) is 0 Å². The third kappa shape index (κ3) is 3.52. The van der Waals surface area contributed by atoms with Crippen LogP contribution in [0, 0.1) is 0 Å². The molecule has 1 aromatic heterocycles. The van der Waals surface area contributed by atoms with Crippen LogP contribution in [0.3, 0.4) is 0 Å². The average Bonchev–Trinajstić information content (AvgIpc) is 2.95. The van der Waals surface area contributed by atoms with Gasteiger partial charge in [-0.3, -0.25) is 0 Å². The number of para-hydroxylation sites is 1. The molecule has 0 unspecified atom stereocenters. The Labute approximate surface area is 122 Å². The second kappa shape index (κ2) is 7.31. The summed E-state index contributed by atoms with van der Waals surface area (Å²) in [6.07, 6.45) is 2.86. The summed E-state index contributed by atoms with van der Waals surface area (Å²) >= 11 is 1.75. The van der Waals surface area contributed by atoms with Crippen LogP contribution in [0.25, 0.3) is 11.4 Å². The summed E-state index contributed by atoms with van der Waals surface area (Å²) in [6, 6.07) is 7.42. The maximum atomic E-state index is 6.03. The number of thioether (sulfide) groups is 1. The van der Waals surface area contributed by atoms with E-state index in [1.807, 2.05) is 37.4 Å². The number of hydrogen-bond donors (Lipinski definition) is 1. The van der Waals surface area contributed by atoms with E-state index in [0.717, 1.165) is 23.5 Å². The highest BCUT2D eigenvalue weighted by Crippen LogP contribution is 2.28. The molecule has 1 heterocycles. The van der Waals surface area contributed by atoms with E-state index in [9.17, 15) is 0 Å². The van der Waals surface area contributed by atoms with E-state index >= 15 is 0 Å². The van der Waals surface area contributed by atoms with Crippen LogP contribution in [0.15, 0.2) is 28.8 Å². The minimum absolute atomic E-state index is 0.219. The summed E-state index contributed by atoms with van der Waals surface area (Å²) in [4.78, 5) is 4.38. The molecule has 20 heavy (non-hydrogen) atoms. The predicted molar refractivity (Wildman–Crippen MR) is 80.8 cm³/mol. The fourth-order valence-electron chi connectivity index (χ4n) is 1.80. The topological polar surface area (TPSA) is 74.2 Å². The van der Waals surface area contributed by atoms with Gasteiger partial charge in [0.2, 0.25) is 11.7 Å². The lowest BCUT2D eigenvalue weighted by atomic mass is 10.2. The molecular weight excluding hydrogens is 274 g/mol. The van der Waals surface area contributed by atoms with E-state index in [0.29, 0.717) is 18.3 Å². The van der Waals surface area contributed by atoms with Gasteiger partial charge in [-0.15, -0.1) is 0 Å². The lowest BCUT2D eigenvalue weighted by Gasteiger charge is -2.06. The molecule has 2 rings (SSSR count). The molecule has 0 aliphatic heterocycles. The van der Waals surface area contributed by atoms with Crippen molar-refractivity contribution in [2.75, 3.05) is 18.6 Å². The smallest absolute Gasteiger partial charge is 0.243 e. The quantitative estimate of drug-likeness (QED) is 0.846. The SMILES string of the molecule is CCOc1ccccc1-c1noc([C@H](N)CCSC)n1. The maximum absolute atomic E-state index is 6.03. The van der Waals surface area contributed by atoms with E-state index in [1.165, 1.54) is 0 Å². The third-order valence-corrected chi connectivity index (χ3v) is 3.46. The molecule has 0 radical (unpaired) electrons. The number of rotatable bonds is 7. The van der Waals surface area contributed by atoms with Gasteiger partial charge in [-0.2, -0.15) is 16.7 Å². The Balaban J connectivity index is 2.20. The lowest BCUT2D eigenvalue weighted by molar-refractivity contribution is 0.340. The molecule has 0 saturated carbocycles. The van der Waals surface area contributed by atoms with E-state index in [2.05, 4.69) is 10.1 Å². The first-order valence-electron chi connectivity index (χ1n) is 6.56. The summed E-state index contributed by atoms with van der Waals surface area (Å²) < 4.78 is 10.8. The molecule has 1 atom stereocenters. The Morgan fingerprint density at radius 3 is 2.95 bits per heavy atom. The Morgan fingerprint density at radius 1 is 1.40 bits per heavy atom. The van der Waals surface area contributed by atoms with Crippen molar-refractivity contribution in [2.24, 2.45) is 5.73 Å². The summed E-state index contributed by atoms with van der Waals surface area (Å²) in [5, 5.41) is 4.01. The van der Waals surface area contributed by atoms with Crippen molar-refractivity contribution in [3.8, 4) is 17.1 Å². The molecule has 0 fully saturated rings. The highest BCUT2D eigenvalue weighted by molar-refractivity contribution is 7.98. The van der Waals surface area contributed by atoms with Crippen molar-refractivity contribution in [1.29, 1.82) is 0 Å². The van der Waals surface area contributed by atoms with E-state index in [-0.39, 0.29) is 6.04 Å². The second-order valence-corrected chi connectivity index (χ2v) is 5.26. The van der Waals surface area contributed by atoms with Gasteiger partial charge in [0.05, 0.1) is 18.2 Å². The van der Waals surface area contributed by atoms with Gasteiger partial charge in [-0.25, -0.2) is 0 Å². The van der Waals surface area contributed by atoms with Crippen molar-refractivity contribution in [1.82, 2.24) is 10.1 Å². The molecule has 0 amide bonds. The molecule has 2 N–H and O–H groups in total. The predicted octanol–water partition coefficient (Wildman–Crippen LogP) is 2.89. The number of benzene rings is 1. The number of nitrogens with two attached hydrogens (primary N) is 1. The molecule has 0 bridgehead atoms. The van der Waals surface area contributed by atoms with Crippen LogP contribution in [0.2, 0.25) is 0 Å². The van der Waals surface area contributed by atoms with Gasteiger partial charge in [0, 0.05) is 0 Å². The zero-order valence-corrected chi connectivity index (χ0v) is 12.5.